The van der Waals surface area contributed by atoms with Crippen LogP contribution in [0.15, 0.2) is 218 Å². The maximum absolute atomic E-state index is 14.0. The highest BCUT2D eigenvalue weighted by Crippen LogP contribution is 2.65. The second-order valence-electron chi connectivity index (χ2n) is 34.4. The fraction of sp³-hybridized carbons (Fsp3) is 0.413. The van der Waals surface area contributed by atoms with Gasteiger partial charge in [-0.1, -0.05) is 198 Å². The van der Waals surface area contributed by atoms with Gasteiger partial charge in [0.25, 0.3) is 36.0 Å². The number of sulfonamides is 3. The van der Waals surface area contributed by atoms with Crippen LogP contribution < -0.4 is 35.0 Å². The number of fused-ring (bicyclic) bond motifs is 3. The van der Waals surface area contributed by atoms with Crippen LogP contribution >= 0.6 is 69.3 Å². The first-order valence-electron chi connectivity index (χ1n) is 42.7. The van der Waals surface area contributed by atoms with Gasteiger partial charge in [-0.3, -0.25) is 4.84 Å². The van der Waals surface area contributed by atoms with E-state index in [1.165, 1.54) is 95.7 Å². The number of aliphatic hydroxyl groups is 1. The van der Waals surface area contributed by atoms with Crippen LogP contribution in [0, 0.1) is 23.1 Å². The van der Waals surface area contributed by atoms with Gasteiger partial charge >= 0.3 is 10.2 Å². The molecule has 17 rings (SSSR count). The lowest BCUT2D eigenvalue weighted by Gasteiger charge is -2.59. The van der Waals surface area contributed by atoms with Crippen molar-refractivity contribution >= 4 is 156 Å². The number of anilines is 2. The van der Waals surface area contributed by atoms with E-state index in [2.05, 4.69) is 114 Å². The Balaban J connectivity index is 0.000000152. The highest BCUT2D eigenvalue weighted by molar-refractivity contribution is 7.92. The van der Waals surface area contributed by atoms with E-state index in [0.29, 0.717) is 97.5 Å². The van der Waals surface area contributed by atoms with Gasteiger partial charge in [0.1, 0.15) is 28.0 Å². The number of aliphatic imine (C=N–C) groups is 2. The topological polar surface area (TPSA) is 332 Å². The lowest BCUT2D eigenvalue weighted by Crippen LogP contribution is -2.51. The number of methoxy groups -OCH3 is 2. The van der Waals surface area contributed by atoms with E-state index in [-0.39, 0.29) is 85.0 Å². The van der Waals surface area contributed by atoms with Gasteiger partial charge in [0.2, 0.25) is 11.9 Å². The van der Waals surface area contributed by atoms with Crippen LogP contribution in [0.4, 0.5) is 15.8 Å². The highest BCUT2D eigenvalue weighted by Gasteiger charge is 2.56. The Morgan fingerprint density at radius 1 is 0.708 bits per heavy atom. The molecule has 1 unspecified atom stereocenters. The molecule has 38 heteroatoms. The van der Waals surface area contributed by atoms with Crippen LogP contribution in [-0.2, 0) is 50.5 Å². The molecule has 1 saturated heterocycles. The number of halogens is 6. The Labute approximate surface area is 792 Å². The number of unbranched alkanes of at least 4 members (excludes halogenated alkanes) is 3. The molecule has 130 heavy (non-hydrogen) atoms. The summed E-state index contributed by atoms with van der Waals surface area (Å²) in [6, 6.07) is 47.2. The largest absolute Gasteiger partial charge is 0.496 e. The molecule has 4 aliphatic carbocycles. The number of hydrazone groups is 2. The van der Waals surface area contributed by atoms with Crippen molar-refractivity contribution in [3.63, 3.8) is 0 Å². The average Bonchev–Trinajstić information content (AvgIpc) is 0.754. The van der Waals surface area contributed by atoms with Gasteiger partial charge < -0.3 is 30.1 Å². The zero-order valence-electron chi connectivity index (χ0n) is 74.5. The summed E-state index contributed by atoms with van der Waals surface area (Å²) < 4.78 is 140. The van der Waals surface area contributed by atoms with Crippen molar-refractivity contribution in [1.29, 1.82) is 0 Å². The van der Waals surface area contributed by atoms with Crippen molar-refractivity contribution in [2.45, 2.75) is 162 Å². The van der Waals surface area contributed by atoms with Gasteiger partial charge in [-0.2, -0.15) is 39.8 Å². The maximum Gasteiger partial charge on any atom is 0.303 e. The molecule has 698 valence electrons. The summed E-state index contributed by atoms with van der Waals surface area (Å²) in [6.45, 7) is 18.2. The van der Waals surface area contributed by atoms with E-state index in [1.807, 2.05) is 68.4 Å². The molecule has 0 amide bonds. The van der Waals surface area contributed by atoms with Crippen LogP contribution in [0.3, 0.4) is 0 Å². The molecule has 5 aliphatic heterocycles. The fourth-order valence-corrected chi connectivity index (χ4v) is 23.2. The minimum absolute atomic E-state index is 0.0454. The summed E-state index contributed by atoms with van der Waals surface area (Å²) in [7, 11) is -6.15. The van der Waals surface area contributed by atoms with Crippen molar-refractivity contribution in [3.05, 3.63) is 239 Å². The molecule has 9 aliphatic rings. The van der Waals surface area contributed by atoms with Crippen molar-refractivity contribution in [3.8, 4) is 11.5 Å². The smallest absolute Gasteiger partial charge is 0.303 e. The number of hydrogen-bond donors (Lipinski definition) is 6. The summed E-state index contributed by atoms with van der Waals surface area (Å²) in [4.78, 5) is 16.1. The maximum atomic E-state index is 14.0. The Kier molecular flexibility index (Phi) is 33.2. The van der Waals surface area contributed by atoms with Gasteiger partial charge in [-0.05, 0) is 220 Å². The van der Waals surface area contributed by atoms with Gasteiger partial charge in [0, 0.05) is 63.0 Å². The fourth-order valence-electron chi connectivity index (χ4n) is 16.5. The van der Waals surface area contributed by atoms with Crippen molar-refractivity contribution in [2.24, 2.45) is 46.2 Å². The van der Waals surface area contributed by atoms with E-state index >= 15 is 0 Å². The average molecular weight is 1980 g/mol. The third-order valence-corrected chi connectivity index (χ3v) is 32.2. The Hall–Kier alpha value is -8.78. The Morgan fingerprint density at radius 2 is 1.29 bits per heavy atom. The number of hydroxylamine groups is 1. The van der Waals surface area contributed by atoms with Crippen LogP contribution in [0.5, 0.6) is 11.5 Å². The molecule has 3 fully saturated rings. The van der Waals surface area contributed by atoms with Gasteiger partial charge in [-0.15, -0.1) is 20.1 Å². The summed E-state index contributed by atoms with van der Waals surface area (Å²) in [5, 5.41) is 30.3. The minimum Gasteiger partial charge on any atom is -0.496 e. The monoisotopic (exact) mass is 1970 g/mol. The molecule has 0 spiro atoms. The second kappa shape index (κ2) is 43.1. The Morgan fingerprint density at radius 3 is 1.85 bits per heavy atom. The molecule has 6 N–H and O–H groups in total. The molecule has 7 aromatic carbocycles. The van der Waals surface area contributed by atoms with Crippen molar-refractivity contribution in [1.82, 2.24) is 34.1 Å². The van der Waals surface area contributed by atoms with Crippen molar-refractivity contribution in [2.75, 3.05) is 91.9 Å². The van der Waals surface area contributed by atoms with E-state index in [9.17, 15) is 43.2 Å². The number of likely N-dealkylation sites (N-methyl/N-ethyl adjacent to an activating group) is 1. The SMILES string of the molecule is CC1(N=C2Nc3cc(Cl)sc3S(=O)(=O)N2)CC1.CC1=NS(=O)(=O)c2cc(Cl)ccc2N1.CCCCCCC(C)(C)c1cc(OC)c([C@H]2C=C(CO)[C@H]3C[C@@H]2C3(C)C)c(OC)c1.CN(C)CCN=C(NS(=O)(=O)N1CCCCC1)N1CC(c2ccccc2)C(c2ccc(Cl)cc2)=N1.CONC(=NS(=O)(=O)c1ccc(Cl)cc1)N1C[C@H](c2cccc(F)c2)C(c2ccc(Cl)cc2)=N1. The van der Waals surface area contributed by atoms with Crippen LogP contribution in [0.1, 0.15) is 170 Å². The van der Waals surface area contributed by atoms with Crippen LogP contribution in [0.2, 0.25) is 24.4 Å². The van der Waals surface area contributed by atoms with E-state index in [0.717, 1.165) is 95.7 Å². The zero-order chi connectivity index (χ0) is 93.8. The number of benzene rings is 7. The predicted octanol–water partition coefficient (Wildman–Crippen LogP) is 18.7. The first-order valence-corrected chi connectivity index (χ1v) is 51.2. The molecule has 5 atom stereocenters. The predicted molar refractivity (Wildman–Crippen MR) is 521 cm³/mol. The summed E-state index contributed by atoms with van der Waals surface area (Å²) in [5.74, 6) is 3.05. The molecule has 1 aromatic heterocycles. The van der Waals surface area contributed by atoms with Gasteiger partial charge in [0.05, 0.1) is 85.1 Å². The normalized spacial score (nSPS) is 20.7. The van der Waals surface area contributed by atoms with Gasteiger partial charge in [0.15, 0.2) is 4.21 Å². The number of guanidine groups is 3. The molecule has 8 aromatic rings. The summed E-state index contributed by atoms with van der Waals surface area (Å²) in [6.07, 6.45) is 14.5. The first-order chi connectivity index (χ1) is 61.7. The Bertz CT molecular complexity index is 6060. The molecule has 2 bridgehead atoms. The third-order valence-electron chi connectivity index (χ3n) is 23.9. The number of aliphatic hydroxyl groups excluding tert-OH is 1. The number of thiophene rings is 1. The molecule has 0 radical (unpaired) electrons. The number of ether oxygens (including phenoxy) is 2. The van der Waals surface area contributed by atoms with E-state index < -0.39 is 40.3 Å². The van der Waals surface area contributed by atoms with E-state index in [1.54, 1.807) is 80.7 Å². The minimum atomic E-state index is -4.11. The lowest BCUT2D eigenvalue weighted by molar-refractivity contribution is -0.0260. The van der Waals surface area contributed by atoms with Crippen molar-refractivity contribution < 1.29 is 57.5 Å². The number of nitrogens with zero attached hydrogens (tertiary/aromatic N) is 10. The molecule has 27 nitrogen and oxygen atoms in total. The lowest BCUT2D eigenvalue weighted by atomic mass is 9.45. The number of rotatable bonds is 23. The number of hydrogen-bond acceptors (Lipinski definition) is 19. The zero-order valence-corrected chi connectivity index (χ0v) is 82.4. The van der Waals surface area contributed by atoms with E-state index in [4.69, 9.17) is 77.4 Å². The first kappa shape index (κ1) is 100. The summed E-state index contributed by atoms with van der Waals surface area (Å²) in [5.41, 5.74) is 12.2. The number of allylic oxidation sites excluding steroid dienone is 1. The van der Waals surface area contributed by atoms with Crippen LogP contribution in [-0.4, -0.2) is 180 Å². The quantitative estimate of drug-likeness (QED) is 0.0114. The van der Waals surface area contributed by atoms with Gasteiger partial charge in [-0.25, -0.2) is 47.7 Å². The second-order valence-corrected chi connectivity index (χ2v) is 44.6. The molecular formula is C92H111Cl5FN15O12S5. The third kappa shape index (κ3) is 25.0. The highest BCUT2D eigenvalue weighted by atomic mass is 35.5. The molecule has 6 heterocycles. The number of piperidine rings is 1. The van der Waals surface area contributed by atoms with Crippen LogP contribution in [0.25, 0.3) is 0 Å². The number of nitrogens with one attached hydrogen (secondary N) is 5. The molecular weight excluding hydrogens is 1860 g/mol. The number of amidine groups is 1. The molecule has 2 saturated carbocycles. The summed E-state index contributed by atoms with van der Waals surface area (Å²) >= 11 is 30.6. The standard InChI is InChI=1S/C27H42O3.C25H33ClN6O2S.C23H19Cl2FN4O3S.C9H10ClN3O2S2.C8H7ClN2O2S/c1-8-9-10-11-12-26(2,3)19-14-23(29-6)25(24(15-19)30-7)20-13-18(17-28)21-16-22(20)27(21,4)5;1-30(2)18-15-27-25(29-35(33,34)31-16-7-4-8-17-31)32-19-23(20-9-5-3-6-10-20)24(28-32)21-11-13-22(26)14-12-21;1-33-28-23(29-34(31,32)20-11-9-18(25)10-12-20)30-14-21(16-3-2-4-19(26)13-16)22(27-30)15-5-7-17(24)8-6-15;1-9(2-3-9)12-8-11-5-4-6(10)16-7(5)17(14,15)13-8;1-5-10-7-3-2-6(9)4-8(7)14(12,13)11-5/h13-15,20-22,28H,8-12,16-17H2,1-7H3;3,5-6,9-14,23H,4,7-8,15-19H2,1-2H3,(H,27,29);2-13,21H,14H2,1H3,(H,28,29);4H,2-3H2,1H3,(H2,11,12,13);2-4H,1H3,(H,10,11)/t20-,21+,22-;;21-;;/m0.1../s1.